The van der Waals surface area contributed by atoms with Gasteiger partial charge in [0.25, 0.3) is 5.91 Å². The minimum atomic E-state index is -0.910. The second kappa shape index (κ2) is 11.0. The molecule has 0 saturated heterocycles. The summed E-state index contributed by atoms with van der Waals surface area (Å²) in [7, 11) is 5.31. The van der Waals surface area contributed by atoms with Crippen LogP contribution in [0.1, 0.15) is 39.2 Å². The van der Waals surface area contributed by atoms with Crippen LogP contribution in [0.3, 0.4) is 0 Å². The third kappa shape index (κ3) is 6.02. The molecule has 37 heavy (non-hydrogen) atoms. The number of methoxy groups -OCH3 is 1. The van der Waals surface area contributed by atoms with Crippen LogP contribution >= 0.6 is 0 Å². The molecule has 0 atom stereocenters. The van der Waals surface area contributed by atoms with Crippen molar-refractivity contribution in [3.05, 3.63) is 88.7 Å². The van der Waals surface area contributed by atoms with Gasteiger partial charge >= 0.3 is 11.9 Å². The van der Waals surface area contributed by atoms with Crippen molar-refractivity contribution >= 4 is 40.5 Å². The molecule has 0 saturated carbocycles. The lowest BCUT2D eigenvalue weighted by Gasteiger charge is -2.16. The summed E-state index contributed by atoms with van der Waals surface area (Å²) in [6, 6.07) is 16.4. The highest BCUT2D eigenvalue weighted by molar-refractivity contribution is 6.37. The van der Waals surface area contributed by atoms with Crippen LogP contribution in [-0.2, 0) is 27.3 Å². The zero-order valence-corrected chi connectivity index (χ0v) is 20.9. The summed E-state index contributed by atoms with van der Waals surface area (Å²) < 4.78 is 4.80. The van der Waals surface area contributed by atoms with Gasteiger partial charge in [-0.25, -0.2) is 4.79 Å². The van der Waals surface area contributed by atoms with Gasteiger partial charge in [0.2, 0.25) is 0 Å². The van der Waals surface area contributed by atoms with Gasteiger partial charge in [-0.15, -0.1) is 0 Å². The smallest absolute Gasteiger partial charge is 0.337 e. The predicted octanol–water partition coefficient (Wildman–Crippen LogP) is 3.88. The molecule has 0 aliphatic carbocycles. The number of aryl methyl sites for hydroxylation is 1. The number of fused-ring (bicyclic) bond motifs is 1. The largest absolute Gasteiger partial charge is 0.481 e. The SMILES string of the molecule is COC(=O)c1ccc2c(c1)NC(=O)/C2=C(\Nc1ccc(CN(C)C)cc1)c1ccnc(CCC(=O)O)c1. The summed E-state index contributed by atoms with van der Waals surface area (Å²) in [6.07, 6.45) is 1.81. The van der Waals surface area contributed by atoms with Crippen LogP contribution in [0.2, 0.25) is 0 Å². The van der Waals surface area contributed by atoms with Crippen molar-refractivity contribution in [2.45, 2.75) is 19.4 Å². The predicted molar refractivity (Wildman–Crippen MR) is 141 cm³/mol. The molecule has 0 radical (unpaired) electrons. The first kappa shape index (κ1) is 25.6. The van der Waals surface area contributed by atoms with Gasteiger partial charge in [0.05, 0.1) is 36.1 Å². The third-order valence-corrected chi connectivity index (χ3v) is 5.86. The maximum absolute atomic E-state index is 13.2. The van der Waals surface area contributed by atoms with Crippen molar-refractivity contribution in [2.24, 2.45) is 0 Å². The van der Waals surface area contributed by atoms with E-state index in [1.807, 2.05) is 38.4 Å². The molecule has 3 N–H and O–H groups in total. The molecule has 9 heteroatoms. The second-order valence-corrected chi connectivity index (χ2v) is 8.95. The molecule has 1 aliphatic rings. The van der Waals surface area contributed by atoms with Crippen molar-refractivity contribution < 1.29 is 24.2 Å². The van der Waals surface area contributed by atoms with Gasteiger partial charge in [-0.2, -0.15) is 0 Å². The number of aromatic nitrogens is 1. The van der Waals surface area contributed by atoms with E-state index in [4.69, 9.17) is 9.84 Å². The van der Waals surface area contributed by atoms with Gasteiger partial charge in [0, 0.05) is 41.7 Å². The number of rotatable bonds is 9. The number of carboxylic acid groups (broad SMARTS) is 1. The molecule has 1 aliphatic heterocycles. The van der Waals surface area contributed by atoms with Crippen molar-refractivity contribution in [3.63, 3.8) is 0 Å². The number of aliphatic carboxylic acids is 1. The van der Waals surface area contributed by atoms with Crippen LogP contribution < -0.4 is 10.6 Å². The molecule has 3 aromatic rings. The Morgan fingerprint density at radius 3 is 2.49 bits per heavy atom. The number of carboxylic acids is 1. The number of nitrogens with zero attached hydrogens (tertiary/aromatic N) is 2. The Hall–Kier alpha value is -4.50. The molecule has 0 fully saturated rings. The number of carbonyl (C=O) groups excluding carboxylic acids is 2. The average molecular weight is 501 g/mol. The number of hydrogen-bond donors (Lipinski definition) is 3. The number of anilines is 2. The zero-order chi connectivity index (χ0) is 26.5. The summed E-state index contributed by atoms with van der Waals surface area (Å²) in [5.74, 6) is -1.73. The summed E-state index contributed by atoms with van der Waals surface area (Å²) in [4.78, 5) is 42.7. The van der Waals surface area contributed by atoms with Crippen LogP contribution in [0.4, 0.5) is 11.4 Å². The van der Waals surface area contributed by atoms with Gasteiger partial charge in [0.15, 0.2) is 0 Å². The zero-order valence-electron chi connectivity index (χ0n) is 20.9. The van der Waals surface area contributed by atoms with Gasteiger partial charge in [-0.05, 0) is 56.1 Å². The number of amides is 1. The van der Waals surface area contributed by atoms with E-state index in [1.165, 1.54) is 7.11 Å². The average Bonchev–Trinajstić information content (AvgIpc) is 3.21. The molecule has 0 unspecified atom stereocenters. The molecular weight excluding hydrogens is 472 g/mol. The van der Waals surface area contributed by atoms with Crippen LogP contribution in [-0.4, -0.2) is 54.0 Å². The van der Waals surface area contributed by atoms with Crippen LogP contribution in [0.15, 0.2) is 60.8 Å². The number of carbonyl (C=O) groups is 3. The summed E-state index contributed by atoms with van der Waals surface area (Å²) in [5.41, 5.74) is 5.61. The van der Waals surface area contributed by atoms with E-state index in [-0.39, 0.29) is 18.7 Å². The Balaban J connectivity index is 1.80. The molecule has 0 spiro atoms. The quantitative estimate of drug-likeness (QED) is 0.299. The number of nitrogens with one attached hydrogen (secondary N) is 2. The number of hydrogen-bond acceptors (Lipinski definition) is 7. The van der Waals surface area contributed by atoms with E-state index in [1.54, 1.807) is 36.5 Å². The first-order valence-corrected chi connectivity index (χ1v) is 11.7. The maximum atomic E-state index is 13.2. The first-order valence-electron chi connectivity index (χ1n) is 11.7. The lowest BCUT2D eigenvalue weighted by molar-refractivity contribution is -0.137. The normalized spacial score (nSPS) is 13.7. The number of ether oxygens (including phenoxy) is 1. The topological polar surface area (TPSA) is 121 Å². The van der Waals surface area contributed by atoms with Gasteiger partial charge < -0.3 is 25.4 Å². The Morgan fingerprint density at radius 1 is 1.05 bits per heavy atom. The number of benzene rings is 2. The van der Waals surface area contributed by atoms with Gasteiger partial charge in [0.1, 0.15) is 0 Å². The molecular formula is C28H28N4O5. The molecule has 2 heterocycles. The third-order valence-electron chi connectivity index (χ3n) is 5.86. The molecule has 0 bridgehead atoms. The van der Waals surface area contributed by atoms with Crippen LogP contribution in [0, 0.1) is 0 Å². The highest BCUT2D eigenvalue weighted by Crippen LogP contribution is 2.38. The van der Waals surface area contributed by atoms with E-state index in [2.05, 4.69) is 20.5 Å². The van der Waals surface area contributed by atoms with Crippen molar-refractivity contribution in [1.82, 2.24) is 9.88 Å². The molecule has 2 aromatic carbocycles. The Kier molecular flexibility index (Phi) is 7.64. The van der Waals surface area contributed by atoms with Crippen LogP contribution in [0.25, 0.3) is 11.3 Å². The minimum absolute atomic E-state index is 0.0528. The Morgan fingerprint density at radius 2 is 1.81 bits per heavy atom. The van der Waals surface area contributed by atoms with Crippen molar-refractivity contribution in [3.8, 4) is 0 Å². The van der Waals surface area contributed by atoms with E-state index >= 15 is 0 Å². The van der Waals surface area contributed by atoms with E-state index in [0.717, 1.165) is 17.8 Å². The maximum Gasteiger partial charge on any atom is 0.337 e. The van der Waals surface area contributed by atoms with Crippen LogP contribution in [0.5, 0.6) is 0 Å². The Bertz CT molecular complexity index is 1380. The van der Waals surface area contributed by atoms with Crippen molar-refractivity contribution in [2.75, 3.05) is 31.8 Å². The standard InChI is InChI=1S/C28H28N4O5/c1-32(2)16-17-4-7-20(8-5-17)30-26(18-12-13-29-21(14-18)9-11-24(33)34)25-22-10-6-19(28(36)37-3)15-23(22)31-27(25)35/h4-8,10,12-15,30H,9,11,16H2,1-3H3,(H,31,35)(H,33,34)/b26-25-. The fourth-order valence-electron chi connectivity index (χ4n) is 4.15. The lowest BCUT2D eigenvalue weighted by atomic mass is 9.98. The minimum Gasteiger partial charge on any atom is -0.481 e. The fourth-order valence-corrected chi connectivity index (χ4v) is 4.15. The highest BCUT2D eigenvalue weighted by atomic mass is 16.5. The summed E-state index contributed by atoms with van der Waals surface area (Å²) >= 11 is 0. The molecule has 4 rings (SSSR count). The monoisotopic (exact) mass is 500 g/mol. The van der Waals surface area contributed by atoms with E-state index < -0.39 is 11.9 Å². The van der Waals surface area contributed by atoms with Crippen molar-refractivity contribution in [1.29, 1.82) is 0 Å². The Labute approximate surface area is 214 Å². The number of pyridine rings is 1. The molecule has 1 amide bonds. The molecule has 1 aromatic heterocycles. The molecule has 190 valence electrons. The van der Waals surface area contributed by atoms with E-state index in [9.17, 15) is 14.4 Å². The summed E-state index contributed by atoms with van der Waals surface area (Å²) in [6.45, 7) is 0.795. The van der Waals surface area contributed by atoms with E-state index in [0.29, 0.717) is 39.3 Å². The van der Waals surface area contributed by atoms with Gasteiger partial charge in [-0.3, -0.25) is 14.6 Å². The number of esters is 1. The summed E-state index contributed by atoms with van der Waals surface area (Å²) in [5, 5.41) is 15.3. The fraction of sp³-hybridized carbons (Fsp3) is 0.214. The second-order valence-electron chi connectivity index (χ2n) is 8.95. The first-order chi connectivity index (χ1) is 17.7. The highest BCUT2D eigenvalue weighted by Gasteiger charge is 2.29. The lowest BCUT2D eigenvalue weighted by Crippen LogP contribution is -2.11. The molecule has 9 nitrogen and oxygen atoms in total. The van der Waals surface area contributed by atoms with Gasteiger partial charge in [-0.1, -0.05) is 18.2 Å².